The van der Waals surface area contributed by atoms with Gasteiger partial charge in [-0.15, -0.1) is 0 Å². The van der Waals surface area contributed by atoms with E-state index in [9.17, 15) is 10.1 Å². The number of hydrogen-bond acceptors (Lipinski definition) is 4. The third kappa shape index (κ3) is 3.62. The Balaban J connectivity index is 2.24. The number of carbonyl (C=O) groups excluding carboxylic acids is 1. The number of aryl methyl sites for hydroxylation is 3. The summed E-state index contributed by atoms with van der Waals surface area (Å²) in [5.74, 6) is 0.349. The molecule has 0 bridgehead atoms. The summed E-state index contributed by atoms with van der Waals surface area (Å²) < 4.78 is 0. The topological polar surface area (TPSA) is 53.8 Å². The Morgan fingerprint density at radius 1 is 1.17 bits per heavy atom. The van der Waals surface area contributed by atoms with Crippen molar-refractivity contribution >= 4 is 17.5 Å². The number of aromatic nitrogens is 1. The Morgan fingerprint density at radius 2 is 1.87 bits per heavy atom. The Labute approximate surface area is 141 Å². The van der Waals surface area contributed by atoms with Crippen LogP contribution in [0.3, 0.4) is 0 Å². The second-order valence-electron chi connectivity index (χ2n) is 5.77. The molecule has 23 heavy (non-hydrogen) atoms. The first-order valence-electron chi connectivity index (χ1n) is 7.46. The Bertz CT molecular complexity index is 819. The number of benzene rings is 1. The van der Waals surface area contributed by atoms with Crippen molar-refractivity contribution < 1.29 is 4.79 Å². The molecule has 4 heteroatoms. The molecule has 0 aliphatic carbocycles. The molecule has 0 N–H and O–H groups in total. The maximum Gasteiger partial charge on any atom is 0.173 e. The molecular formula is C19H20N2OS. The number of pyridine rings is 1. The van der Waals surface area contributed by atoms with Gasteiger partial charge in [0.25, 0.3) is 0 Å². The lowest BCUT2D eigenvalue weighted by Crippen LogP contribution is -2.06. The first-order valence-corrected chi connectivity index (χ1v) is 8.44. The van der Waals surface area contributed by atoms with Crippen molar-refractivity contribution in [3.8, 4) is 6.07 Å². The number of thioether (sulfide) groups is 1. The van der Waals surface area contributed by atoms with Crippen LogP contribution in [0.4, 0.5) is 0 Å². The van der Waals surface area contributed by atoms with E-state index >= 15 is 0 Å². The predicted octanol–water partition coefficient (Wildman–Crippen LogP) is 4.47. The molecule has 2 aromatic rings. The van der Waals surface area contributed by atoms with Crippen LogP contribution < -0.4 is 0 Å². The smallest absolute Gasteiger partial charge is 0.173 e. The van der Waals surface area contributed by atoms with Crippen molar-refractivity contribution in [3.05, 3.63) is 57.3 Å². The molecule has 0 fully saturated rings. The summed E-state index contributed by atoms with van der Waals surface area (Å²) in [5.41, 5.74) is 6.33. The summed E-state index contributed by atoms with van der Waals surface area (Å²) in [7, 11) is 0. The molecule has 118 valence electrons. The number of ketones is 1. The summed E-state index contributed by atoms with van der Waals surface area (Å²) in [6.07, 6.45) is 0. The van der Waals surface area contributed by atoms with Gasteiger partial charge in [0.1, 0.15) is 11.1 Å². The van der Waals surface area contributed by atoms with Crippen LogP contribution >= 0.6 is 11.8 Å². The first-order chi connectivity index (χ1) is 10.8. The highest BCUT2D eigenvalue weighted by molar-refractivity contribution is 8.00. The summed E-state index contributed by atoms with van der Waals surface area (Å²) >= 11 is 1.34. The highest BCUT2D eigenvalue weighted by atomic mass is 32.2. The third-order valence-corrected chi connectivity index (χ3v) is 5.07. The lowest BCUT2D eigenvalue weighted by atomic mass is 10.0. The fourth-order valence-corrected chi connectivity index (χ4v) is 3.45. The molecule has 0 spiro atoms. The van der Waals surface area contributed by atoms with E-state index < -0.39 is 0 Å². The maximum atomic E-state index is 12.5. The van der Waals surface area contributed by atoms with Crippen LogP contribution in [-0.4, -0.2) is 16.5 Å². The maximum absolute atomic E-state index is 12.5. The summed E-state index contributed by atoms with van der Waals surface area (Å²) in [6.45, 7) is 9.78. The second kappa shape index (κ2) is 6.97. The quantitative estimate of drug-likeness (QED) is 0.615. The van der Waals surface area contributed by atoms with E-state index in [4.69, 9.17) is 0 Å². The molecular weight excluding hydrogens is 304 g/mol. The van der Waals surface area contributed by atoms with E-state index in [1.807, 2.05) is 52.8 Å². The number of nitriles is 1. The molecule has 1 heterocycles. The van der Waals surface area contributed by atoms with Crippen LogP contribution in [0, 0.1) is 45.9 Å². The second-order valence-corrected chi connectivity index (χ2v) is 6.73. The SMILES string of the molecule is Cc1ccc(C(=O)CSc2nc(C)c(C)c(C)c2C#N)c(C)c1. The fraction of sp³-hybridized carbons (Fsp3) is 0.316. The largest absolute Gasteiger partial charge is 0.293 e. The average Bonchev–Trinajstić information content (AvgIpc) is 2.50. The van der Waals surface area contributed by atoms with Crippen molar-refractivity contribution in [2.24, 2.45) is 0 Å². The normalized spacial score (nSPS) is 10.4. The van der Waals surface area contributed by atoms with Gasteiger partial charge in [0.15, 0.2) is 5.78 Å². The molecule has 2 rings (SSSR count). The summed E-state index contributed by atoms with van der Waals surface area (Å²) in [4.78, 5) is 16.9. The molecule has 3 nitrogen and oxygen atoms in total. The monoisotopic (exact) mass is 324 g/mol. The molecule has 0 unspecified atom stereocenters. The van der Waals surface area contributed by atoms with Crippen molar-refractivity contribution in [1.29, 1.82) is 5.26 Å². The van der Waals surface area contributed by atoms with Gasteiger partial charge in [-0.05, 0) is 51.3 Å². The molecule has 0 aliphatic heterocycles. The van der Waals surface area contributed by atoms with Gasteiger partial charge in [-0.25, -0.2) is 4.98 Å². The number of rotatable bonds is 4. The molecule has 0 amide bonds. The Morgan fingerprint density at radius 3 is 2.48 bits per heavy atom. The van der Waals surface area contributed by atoms with E-state index in [1.165, 1.54) is 11.8 Å². The lowest BCUT2D eigenvalue weighted by Gasteiger charge is -2.11. The highest BCUT2D eigenvalue weighted by Gasteiger charge is 2.15. The Hall–Kier alpha value is -2.12. The van der Waals surface area contributed by atoms with Gasteiger partial charge in [-0.1, -0.05) is 35.5 Å². The minimum Gasteiger partial charge on any atom is -0.293 e. The van der Waals surface area contributed by atoms with Crippen LogP contribution in [-0.2, 0) is 0 Å². The lowest BCUT2D eigenvalue weighted by molar-refractivity contribution is 0.102. The van der Waals surface area contributed by atoms with Gasteiger partial charge in [0, 0.05) is 11.3 Å². The Kier molecular flexibility index (Phi) is 5.23. The summed E-state index contributed by atoms with van der Waals surface area (Å²) in [6, 6.07) is 8.05. The van der Waals surface area contributed by atoms with E-state index in [0.717, 1.165) is 33.5 Å². The van der Waals surface area contributed by atoms with E-state index in [0.29, 0.717) is 10.6 Å². The van der Waals surface area contributed by atoms with Crippen molar-refractivity contribution in [3.63, 3.8) is 0 Å². The summed E-state index contributed by atoms with van der Waals surface area (Å²) in [5, 5.41) is 10.0. The molecule has 0 radical (unpaired) electrons. The van der Waals surface area contributed by atoms with Crippen LogP contribution in [0.25, 0.3) is 0 Å². The zero-order valence-electron chi connectivity index (χ0n) is 14.2. The molecule has 0 atom stereocenters. The predicted molar refractivity (Wildman–Crippen MR) is 94.1 cm³/mol. The van der Waals surface area contributed by atoms with Crippen molar-refractivity contribution in [1.82, 2.24) is 4.98 Å². The van der Waals surface area contributed by atoms with E-state index in [1.54, 1.807) is 0 Å². The zero-order valence-corrected chi connectivity index (χ0v) is 15.0. The van der Waals surface area contributed by atoms with Crippen LogP contribution in [0.1, 0.15) is 43.9 Å². The number of nitrogens with zero attached hydrogens (tertiary/aromatic N) is 2. The molecule has 1 aromatic heterocycles. The van der Waals surface area contributed by atoms with Crippen molar-refractivity contribution in [2.45, 2.75) is 39.6 Å². The van der Waals surface area contributed by atoms with Gasteiger partial charge in [-0.2, -0.15) is 5.26 Å². The van der Waals surface area contributed by atoms with Crippen LogP contribution in [0.15, 0.2) is 23.2 Å². The minimum absolute atomic E-state index is 0.0640. The molecule has 0 saturated heterocycles. The number of hydrogen-bond donors (Lipinski definition) is 0. The number of Topliss-reactive ketones (excluding diaryl/α,β-unsaturated/α-hetero) is 1. The highest BCUT2D eigenvalue weighted by Crippen LogP contribution is 2.27. The van der Waals surface area contributed by atoms with Crippen molar-refractivity contribution in [2.75, 3.05) is 5.75 Å². The zero-order chi connectivity index (χ0) is 17.1. The van der Waals surface area contributed by atoms with E-state index in [2.05, 4.69) is 11.1 Å². The van der Waals surface area contributed by atoms with Crippen LogP contribution in [0.5, 0.6) is 0 Å². The third-order valence-electron chi connectivity index (χ3n) is 4.10. The van der Waals surface area contributed by atoms with Gasteiger partial charge < -0.3 is 0 Å². The van der Waals surface area contributed by atoms with Gasteiger partial charge >= 0.3 is 0 Å². The van der Waals surface area contributed by atoms with Gasteiger partial charge in [0.05, 0.1) is 11.3 Å². The molecule has 0 saturated carbocycles. The van der Waals surface area contributed by atoms with Crippen LogP contribution in [0.2, 0.25) is 0 Å². The minimum atomic E-state index is 0.0640. The van der Waals surface area contributed by atoms with Gasteiger partial charge in [0.2, 0.25) is 0 Å². The molecule has 1 aromatic carbocycles. The standard InChI is InChI=1S/C19H20N2OS/c1-11-6-7-16(12(2)8-11)18(22)10-23-19-17(9-20)14(4)13(3)15(5)21-19/h6-8H,10H2,1-5H3. The first kappa shape index (κ1) is 17.2. The van der Waals surface area contributed by atoms with E-state index in [-0.39, 0.29) is 11.5 Å². The average molecular weight is 324 g/mol. The number of carbonyl (C=O) groups is 1. The van der Waals surface area contributed by atoms with Gasteiger partial charge in [-0.3, -0.25) is 4.79 Å². The molecule has 0 aliphatic rings. The fourth-order valence-electron chi connectivity index (χ4n) is 2.49.